The maximum absolute atomic E-state index is 14.1. The molecule has 1 saturated heterocycles. The third kappa shape index (κ3) is 6.67. The third-order valence-electron chi connectivity index (χ3n) is 6.98. The summed E-state index contributed by atoms with van der Waals surface area (Å²) < 4.78 is 17.1. The van der Waals surface area contributed by atoms with Gasteiger partial charge in [0.15, 0.2) is 0 Å². The van der Waals surface area contributed by atoms with E-state index >= 15 is 0 Å². The molecule has 0 bridgehead atoms. The molecule has 2 atom stereocenters. The van der Waals surface area contributed by atoms with Crippen LogP contribution in [0.4, 0.5) is 0 Å². The number of carbonyl (C=O) groups is 2. The van der Waals surface area contributed by atoms with Gasteiger partial charge in [0.1, 0.15) is 5.60 Å². The summed E-state index contributed by atoms with van der Waals surface area (Å²) in [5, 5.41) is 3.62. The second kappa shape index (κ2) is 12.7. The maximum atomic E-state index is 14.1. The summed E-state index contributed by atoms with van der Waals surface area (Å²) in [7, 11) is 1.31. The van der Waals surface area contributed by atoms with Crippen LogP contribution in [-0.4, -0.2) is 67.4 Å². The van der Waals surface area contributed by atoms with Gasteiger partial charge in [-0.25, -0.2) is 9.59 Å². The number of halogens is 1. The van der Waals surface area contributed by atoms with Gasteiger partial charge in [-0.2, -0.15) is 0 Å². The number of benzene rings is 1. The summed E-state index contributed by atoms with van der Waals surface area (Å²) in [6.45, 7) is 6.44. The monoisotopic (exact) mass is 554 g/mol. The lowest BCUT2D eigenvalue weighted by atomic mass is 9.80. The van der Waals surface area contributed by atoms with Crippen molar-refractivity contribution in [3.63, 3.8) is 0 Å². The molecule has 1 aromatic heterocycles. The largest absolute Gasteiger partial charge is 0.466 e. The molecule has 1 fully saturated rings. The van der Waals surface area contributed by atoms with Crippen LogP contribution >= 0.6 is 11.6 Å². The second-order valence-corrected chi connectivity index (χ2v) is 10.4. The minimum atomic E-state index is -0.812. The number of hydrogen-bond donors (Lipinski definition) is 2. The number of likely N-dealkylation sites (tertiary alicyclic amines) is 1. The van der Waals surface area contributed by atoms with Crippen molar-refractivity contribution < 1.29 is 23.8 Å². The topological polar surface area (TPSA) is 116 Å². The SMILES string of the molecule is COC(=O)C1=C(C)NC(COCCN)=C(C(=O)OC2(C)CCN(Cc3cccnc3)C2)C1c1ccccc1Cl. The Bertz CT molecular complexity index is 1270. The first-order valence-electron chi connectivity index (χ1n) is 12.9. The molecule has 9 nitrogen and oxygen atoms in total. The van der Waals surface area contributed by atoms with Gasteiger partial charge in [-0.05, 0) is 37.1 Å². The number of aromatic nitrogens is 1. The van der Waals surface area contributed by atoms with Crippen LogP contribution in [0.1, 0.15) is 37.3 Å². The predicted octanol–water partition coefficient (Wildman–Crippen LogP) is 3.31. The molecule has 3 heterocycles. The number of nitrogens with zero attached hydrogens (tertiary/aromatic N) is 2. The summed E-state index contributed by atoms with van der Waals surface area (Å²) in [5.41, 5.74) is 8.17. The van der Waals surface area contributed by atoms with Gasteiger partial charge < -0.3 is 25.3 Å². The first kappa shape index (κ1) is 28.8. The molecule has 2 aromatic rings. The molecule has 39 heavy (non-hydrogen) atoms. The van der Waals surface area contributed by atoms with E-state index in [1.54, 1.807) is 31.3 Å². The fourth-order valence-electron chi connectivity index (χ4n) is 5.18. The van der Waals surface area contributed by atoms with Gasteiger partial charge in [-0.1, -0.05) is 35.9 Å². The third-order valence-corrected chi connectivity index (χ3v) is 7.32. The molecule has 2 aliphatic heterocycles. The zero-order valence-electron chi connectivity index (χ0n) is 22.5. The molecule has 0 spiro atoms. The van der Waals surface area contributed by atoms with E-state index in [1.807, 2.05) is 31.3 Å². The van der Waals surface area contributed by atoms with Crippen molar-refractivity contribution in [1.82, 2.24) is 15.2 Å². The second-order valence-electron chi connectivity index (χ2n) is 10.0. The van der Waals surface area contributed by atoms with E-state index in [9.17, 15) is 9.59 Å². The molecule has 4 rings (SSSR count). The number of ether oxygens (including phenoxy) is 3. The van der Waals surface area contributed by atoms with Crippen LogP contribution in [0.15, 0.2) is 71.3 Å². The van der Waals surface area contributed by atoms with Crippen molar-refractivity contribution in [2.45, 2.75) is 38.3 Å². The molecule has 3 N–H and O–H groups in total. The Balaban J connectivity index is 1.68. The van der Waals surface area contributed by atoms with Gasteiger partial charge in [-0.15, -0.1) is 0 Å². The van der Waals surface area contributed by atoms with Gasteiger partial charge in [0.05, 0.1) is 43.1 Å². The number of dihydropyridines is 1. The summed E-state index contributed by atoms with van der Waals surface area (Å²) in [6.07, 6.45) is 4.24. The lowest BCUT2D eigenvalue weighted by Crippen LogP contribution is -2.40. The standard InChI is InChI=1S/C29H35ClN4O5/c1-19-24(27(35)37-3)25(21-8-4-5-9-22(21)30)26(23(33-19)17-38-14-11-31)28(36)39-29(2)10-13-34(18-29)16-20-7-6-12-32-15-20/h4-9,12,15,25,33H,10-11,13-14,16-18,31H2,1-3H3. The molecule has 1 aromatic carbocycles. The first-order chi connectivity index (χ1) is 18.8. The number of rotatable bonds is 10. The summed E-state index contributed by atoms with van der Waals surface area (Å²) in [5.74, 6) is -1.92. The van der Waals surface area contributed by atoms with Crippen molar-refractivity contribution in [3.05, 3.63) is 87.5 Å². The normalized spacial score (nSPS) is 21.6. The minimum Gasteiger partial charge on any atom is -0.466 e. The quantitative estimate of drug-likeness (QED) is 0.337. The van der Waals surface area contributed by atoms with Crippen LogP contribution in [-0.2, 0) is 30.3 Å². The number of nitrogens with two attached hydrogens (primary N) is 1. The Morgan fingerprint density at radius 1 is 1.21 bits per heavy atom. The molecular formula is C29H35ClN4O5. The molecule has 10 heteroatoms. The molecule has 0 aliphatic carbocycles. The Hall–Kier alpha value is -3.24. The lowest BCUT2D eigenvalue weighted by molar-refractivity contribution is -0.152. The van der Waals surface area contributed by atoms with Crippen LogP contribution in [0.25, 0.3) is 0 Å². The fraction of sp³-hybridized carbons (Fsp3) is 0.414. The van der Waals surface area contributed by atoms with E-state index in [4.69, 9.17) is 31.5 Å². The van der Waals surface area contributed by atoms with Crippen LogP contribution in [0.5, 0.6) is 0 Å². The molecule has 0 saturated carbocycles. The Labute approximate surface area is 234 Å². The number of pyridine rings is 1. The van der Waals surface area contributed by atoms with Gasteiger partial charge in [0, 0.05) is 55.7 Å². The van der Waals surface area contributed by atoms with E-state index in [0.717, 1.165) is 12.1 Å². The highest BCUT2D eigenvalue weighted by Crippen LogP contribution is 2.42. The molecule has 208 valence electrons. The summed E-state index contributed by atoms with van der Waals surface area (Å²) in [6, 6.07) is 11.1. The van der Waals surface area contributed by atoms with E-state index in [1.165, 1.54) is 7.11 Å². The summed E-state index contributed by atoms with van der Waals surface area (Å²) >= 11 is 6.63. The van der Waals surface area contributed by atoms with Crippen LogP contribution in [0.3, 0.4) is 0 Å². The number of allylic oxidation sites excluding steroid dienone is 1. The number of hydrogen-bond acceptors (Lipinski definition) is 9. The van der Waals surface area contributed by atoms with Gasteiger partial charge in [-0.3, -0.25) is 9.88 Å². The van der Waals surface area contributed by atoms with Crippen LogP contribution in [0, 0.1) is 0 Å². The van der Waals surface area contributed by atoms with Crippen LogP contribution in [0.2, 0.25) is 5.02 Å². The number of esters is 2. The molecule has 2 aliphatic rings. The average molecular weight is 555 g/mol. The Morgan fingerprint density at radius 3 is 2.69 bits per heavy atom. The van der Waals surface area contributed by atoms with Gasteiger partial charge >= 0.3 is 11.9 Å². The summed E-state index contributed by atoms with van der Waals surface area (Å²) in [4.78, 5) is 33.5. The highest BCUT2D eigenvalue weighted by atomic mass is 35.5. The van der Waals surface area contributed by atoms with Crippen molar-refractivity contribution in [1.29, 1.82) is 0 Å². The zero-order valence-corrected chi connectivity index (χ0v) is 23.3. The van der Waals surface area contributed by atoms with Gasteiger partial charge in [0.2, 0.25) is 0 Å². The Morgan fingerprint density at radius 2 is 2.00 bits per heavy atom. The Kier molecular flexibility index (Phi) is 9.40. The number of carbonyl (C=O) groups excluding carboxylic acids is 2. The van der Waals surface area contributed by atoms with Crippen molar-refractivity contribution >= 4 is 23.5 Å². The minimum absolute atomic E-state index is 0.0816. The molecule has 0 radical (unpaired) electrons. The van der Waals surface area contributed by atoms with E-state index in [2.05, 4.69) is 15.2 Å². The zero-order chi connectivity index (χ0) is 28.0. The van der Waals surface area contributed by atoms with E-state index < -0.39 is 23.5 Å². The molecule has 2 unspecified atom stereocenters. The van der Waals surface area contributed by atoms with Crippen molar-refractivity contribution in [2.24, 2.45) is 5.73 Å². The first-order valence-corrected chi connectivity index (χ1v) is 13.3. The van der Waals surface area contributed by atoms with Crippen LogP contribution < -0.4 is 11.1 Å². The van der Waals surface area contributed by atoms with Crippen molar-refractivity contribution in [2.75, 3.05) is 40.0 Å². The number of nitrogens with one attached hydrogen (secondary N) is 1. The highest BCUT2D eigenvalue weighted by molar-refractivity contribution is 6.31. The fourth-order valence-corrected chi connectivity index (χ4v) is 5.43. The average Bonchev–Trinajstić information content (AvgIpc) is 3.28. The molecular weight excluding hydrogens is 520 g/mol. The lowest BCUT2D eigenvalue weighted by Gasteiger charge is -2.34. The van der Waals surface area contributed by atoms with Gasteiger partial charge in [0.25, 0.3) is 0 Å². The van der Waals surface area contributed by atoms with E-state index in [-0.39, 0.29) is 17.8 Å². The highest BCUT2D eigenvalue weighted by Gasteiger charge is 2.43. The maximum Gasteiger partial charge on any atom is 0.337 e. The van der Waals surface area contributed by atoms with E-state index in [0.29, 0.717) is 54.6 Å². The smallest absolute Gasteiger partial charge is 0.337 e. The van der Waals surface area contributed by atoms with Crippen molar-refractivity contribution in [3.8, 4) is 0 Å². The predicted molar refractivity (Wildman–Crippen MR) is 148 cm³/mol. The number of methoxy groups -OCH3 is 1. The molecule has 0 amide bonds.